The SMILES string of the molecule is CC(C)Cn1c(CCC(N)=O)nnc1SCC(=O)NCc1ccccc1F. The second-order valence-corrected chi connectivity index (χ2v) is 7.47. The number of primary amides is 1. The van der Waals surface area contributed by atoms with Gasteiger partial charge in [-0.15, -0.1) is 10.2 Å². The molecule has 0 atom stereocenters. The second kappa shape index (κ2) is 10.1. The van der Waals surface area contributed by atoms with Gasteiger partial charge in [0.2, 0.25) is 11.8 Å². The van der Waals surface area contributed by atoms with Crippen LogP contribution in [0.15, 0.2) is 29.4 Å². The van der Waals surface area contributed by atoms with Crippen LogP contribution in [-0.4, -0.2) is 32.3 Å². The summed E-state index contributed by atoms with van der Waals surface area (Å²) in [5, 5.41) is 11.6. The van der Waals surface area contributed by atoms with Crippen molar-refractivity contribution in [3.05, 3.63) is 41.5 Å². The molecular formula is C18H24FN5O2S. The first-order valence-corrected chi connectivity index (χ1v) is 9.68. The molecule has 1 aromatic carbocycles. The number of halogens is 1. The fourth-order valence-corrected chi connectivity index (χ4v) is 3.21. The molecule has 7 nitrogen and oxygen atoms in total. The molecule has 2 aromatic rings. The maximum atomic E-state index is 13.6. The molecule has 0 spiro atoms. The Morgan fingerprint density at radius 1 is 1.30 bits per heavy atom. The highest BCUT2D eigenvalue weighted by atomic mass is 32.2. The van der Waals surface area contributed by atoms with Crippen LogP contribution in [0, 0.1) is 11.7 Å². The molecule has 0 radical (unpaired) electrons. The lowest BCUT2D eigenvalue weighted by molar-refractivity contribution is -0.119. The third-order valence-electron chi connectivity index (χ3n) is 3.70. The van der Waals surface area contributed by atoms with Crippen molar-refractivity contribution < 1.29 is 14.0 Å². The van der Waals surface area contributed by atoms with Gasteiger partial charge >= 0.3 is 0 Å². The lowest BCUT2D eigenvalue weighted by Crippen LogP contribution is -2.25. The molecule has 0 aliphatic carbocycles. The molecule has 146 valence electrons. The number of thioether (sulfide) groups is 1. The number of carbonyl (C=O) groups excluding carboxylic acids is 2. The lowest BCUT2D eigenvalue weighted by Gasteiger charge is -2.12. The summed E-state index contributed by atoms with van der Waals surface area (Å²) >= 11 is 1.26. The monoisotopic (exact) mass is 393 g/mol. The molecule has 2 amide bonds. The van der Waals surface area contributed by atoms with E-state index in [4.69, 9.17) is 5.73 Å². The zero-order valence-corrected chi connectivity index (χ0v) is 16.3. The predicted octanol–water partition coefficient (Wildman–Crippen LogP) is 1.90. The van der Waals surface area contributed by atoms with Crippen molar-refractivity contribution in [1.29, 1.82) is 0 Å². The van der Waals surface area contributed by atoms with Crippen molar-refractivity contribution in [3.8, 4) is 0 Å². The van der Waals surface area contributed by atoms with Gasteiger partial charge in [0.1, 0.15) is 11.6 Å². The van der Waals surface area contributed by atoms with Gasteiger partial charge in [-0.2, -0.15) is 0 Å². The van der Waals surface area contributed by atoms with Crippen molar-refractivity contribution in [2.75, 3.05) is 5.75 Å². The van der Waals surface area contributed by atoms with E-state index in [2.05, 4.69) is 29.4 Å². The standard InChI is InChI=1S/C18H24FN5O2S/c1-12(2)10-24-16(8-7-15(20)25)22-23-18(24)27-11-17(26)21-9-13-5-3-4-6-14(13)19/h3-6,12H,7-11H2,1-2H3,(H2,20,25)(H,21,26). The number of nitrogens with two attached hydrogens (primary N) is 1. The second-order valence-electron chi connectivity index (χ2n) is 6.53. The van der Waals surface area contributed by atoms with Gasteiger partial charge in [-0.05, 0) is 12.0 Å². The molecule has 0 bridgehead atoms. The van der Waals surface area contributed by atoms with Gasteiger partial charge in [0.05, 0.1) is 5.75 Å². The fraction of sp³-hybridized carbons (Fsp3) is 0.444. The van der Waals surface area contributed by atoms with E-state index in [1.807, 2.05) is 4.57 Å². The van der Waals surface area contributed by atoms with Gasteiger partial charge in [0.25, 0.3) is 0 Å². The number of hydrogen-bond acceptors (Lipinski definition) is 5. The smallest absolute Gasteiger partial charge is 0.230 e. The molecule has 2 rings (SSSR count). The van der Waals surface area contributed by atoms with Crippen LogP contribution in [0.25, 0.3) is 0 Å². The first-order valence-electron chi connectivity index (χ1n) is 8.70. The molecule has 1 heterocycles. The zero-order valence-electron chi connectivity index (χ0n) is 15.4. The van der Waals surface area contributed by atoms with E-state index < -0.39 is 5.91 Å². The third-order valence-corrected chi connectivity index (χ3v) is 4.67. The molecule has 0 aliphatic heterocycles. The van der Waals surface area contributed by atoms with Crippen LogP contribution >= 0.6 is 11.8 Å². The fourth-order valence-electron chi connectivity index (χ4n) is 2.41. The Labute approximate surface area is 161 Å². The van der Waals surface area contributed by atoms with Crippen LogP contribution in [0.5, 0.6) is 0 Å². The van der Waals surface area contributed by atoms with E-state index in [9.17, 15) is 14.0 Å². The van der Waals surface area contributed by atoms with Gasteiger partial charge in [-0.3, -0.25) is 9.59 Å². The summed E-state index contributed by atoms with van der Waals surface area (Å²) in [5.41, 5.74) is 5.65. The highest BCUT2D eigenvalue weighted by Crippen LogP contribution is 2.19. The van der Waals surface area contributed by atoms with Crippen LogP contribution in [0.3, 0.4) is 0 Å². The number of nitrogens with one attached hydrogen (secondary N) is 1. The van der Waals surface area contributed by atoms with E-state index in [0.717, 1.165) is 0 Å². The number of aryl methyl sites for hydroxylation is 1. The lowest BCUT2D eigenvalue weighted by atomic mass is 10.2. The summed E-state index contributed by atoms with van der Waals surface area (Å²) < 4.78 is 15.5. The number of amides is 2. The molecule has 27 heavy (non-hydrogen) atoms. The molecule has 0 unspecified atom stereocenters. The molecular weight excluding hydrogens is 369 g/mol. The van der Waals surface area contributed by atoms with Gasteiger partial charge < -0.3 is 15.6 Å². The Morgan fingerprint density at radius 3 is 2.70 bits per heavy atom. The van der Waals surface area contributed by atoms with Crippen LogP contribution in [-0.2, 0) is 29.1 Å². The number of carbonyl (C=O) groups is 2. The van der Waals surface area contributed by atoms with E-state index in [1.54, 1.807) is 18.2 Å². The molecule has 0 fully saturated rings. The van der Waals surface area contributed by atoms with Crippen LogP contribution in [0.1, 0.15) is 31.7 Å². The Morgan fingerprint density at radius 2 is 2.04 bits per heavy atom. The Bertz CT molecular complexity index is 794. The topological polar surface area (TPSA) is 103 Å². The first kappa shape index (κ1) is 20.9. The van der Waals surface area contributed by atoms with E-state index in [-0.39, 0.29) is 30.4 Å². The van der Waals surface area contributed by atoms with Crippen LogP contribution < -0.4 is 11.1 Å². The van der Waals surface area contributed by atoms with Crippen molar-refractivity contribution >= 4 is 23.6 Å². The highest BCUT2D eigenvalue weighted by Gasteiger charge is 2.16. The van der Waals surface area contributed by atoms with E-state index in [1.165, 1.54) is 17.8 Å². The van der Waals surface area contributed by atoms with Gasteiger partial charge in [-0.25, -0.2) is 4.39 Å². The van der Waals surface area contributed by atoms with Gasteiger partial charge in [0.15, 0.2) is 5.16 Å². The number of nitrogens with zero attached hydrogens (tertiary/aromatic N) is 3. The minimum atomic E-state index is -0.393. The molecule has 3 N–H and O–H groups in total. The zero-order chi connectivity index (χ0) is 19.8. The Hall–Kier alpha value is -2.42. The predicted molar refractivity (Wildman–Crippen MR) is 101 cm³/mol. The Kier molecular flexibility index (Phi) is 7.78. The summed E-state index contributed by atoms with van der Waals surface area (Å²) in [6, 6.07) is 6.32. The number of rotatable bonds is 10. The molecule has 0 saturated heterocycles. The minimum Gasteiger partial charge on any atom is -0.370 e. The highest BCUT2D eigenvalue weighted by molar-refractivity contribution is 7.99. The first-order chi connectivity index (χ1) is 12.9. The van der Waals surface area contributed by atoms with E-state index >= 15 is 0 Å². The summed E-state index contributed by atoms with van der Waals surface area (Å²) in [5.74, 6) is 0.206. The molecule has 0 saturated carbocycles. The minimum absolute atomic E-state index is 0.134. The van der Waals surface area contributed by atoms with Crippen molar-refractivity contribution in [1.82, 2.24) is 20.1 Å². The normalized spacial score (nSPS) is 11.0. The Balaban J connectivity index is 1.94. The van der Waals surface area contributed by atoms with Crippen LogP contribution in [0.2, 0.25) is 0 Å². The summed E-state index contributed by atoms with van der Waals surface area (Å²) in [6.07, 6.45) is 0.610. The van der Waals surface area contributed by atoms with Crippen molar-refractivity contribution in [2.45, 2.75) is 44.9 Å². The van der Waals surface area contributed by atoms with Gasteiger partial charge in [-0.1, -0.05) is 43.8 Å². The van der Waals surface area contributed by atoms with Crippen molar-refractivity contribution in [2.24, 2.45) is 11.7 Å². The molecule has 1 aromatic heterocycles. The summed E-state index contributed by atoms with van der Waals surface area (Å²) in [7, 11) is 0. The largest absolute Gasteiger partial charge is 0.370 e. The molecule has 0 aliphatic rings. The average Bonchev–Trinajstić information content (AvgIpc) is 2.98. The van der Waals surface area contributed by atoms with Crippen LogP contribution in [0.4, 0.5) is 4.39 Å². The maximum Gasteiger partial charge on any atom is 0.230 e. The number of benzene rings is 1. The molecule has 9 heteroatoms. The maximum absolute atomic E-state index is 13.6. The summed E-state index contributed by atoms with van der Waals surface area (Å²) in [6.45, 7) is 4.94. The van der Waals surface area contributed by atoms with Gasteiger partial charge in [0, 0.05) is 31.5 Å². The average molecular weight is 393 g/mol. The summed E-state index contributed by atoms with van der Waals surface area (Å²) in [4.78, 5) is 23.1. The van der Waals surface area contributed by atoms with Crippen molar-refractivity contribution in [3.63, 3.8) is 0 Å². The third kappa shape index (κ3) is 6.67. The quantitative estimate of drug-likeness (QED) is 0.600. The number of hydrogen-bond donors (Lipinski definition) is 2. The number of aromatic nitrogens is 3. The van der Waals surface area contributed by atoms with E-state index in [0.29, 0.717) is 35.4 Å².